The molecule has 0 fully saturated rings. The van der Waals surface area contributed by atoms with Crippen LogP contribution in [0.4, 0.5) is 22.0 Å². The minimum absolute atomic E-state index is 0.106. The number of halogens is 5. The monoisotopic (exact) mass is 239 g/mol. The molecule has 0 bridgehead atoms. The maximum atomic E-state index is 13.3. The molecule has 0 unspecified atom stereocenters. The molecule has 0 saturated carbocycles. The van der Waals surface area contributed by atoms with Crippen LogP contribution < -0.4 is 5.73 Å². The molecule has 0 heterocycles. The first-order valence-electron chi connectivity index (χ1n) is 4.54. The second kappa shape index (κ2) is 4.78. The summed E-state index contributed by atoms with van der Waals surface area (Å²) in [5.41, 5.74) is 4.22. The van der Waals surface area contributed by atoms with Gasteiger partial charge in [-0.15, -0.1) is 0 Å². The third-order valence-corrected chi connectivity index (χ3v) is 2.15. The summed E-state index contributed by atoms with van der Waals surface area (Å²) in [6, 6.07) is 1.12. The third-order valence-electron chi connectivity index (χ3n) is 2.15. The summed E-state index contributed by atoms with van der Waals surface area (Å²) < 4.78 is 61.8. The van der Waals surface area contributed by atoms with Crippen LogP contribution in [-0.4, -0.2) is 6.67 Å². The largest absolute Gasteiger partial charge is 0.416 e. The van der Waals surface area contributed by atoms with Gasteiger partial charge < -0.3 is 5.73 Å². The molecule has 90 valence electrons. The Morgan fingerprint density at radius 2 is 1.88 bits per heavy atom. The van der Waals surface area contributed by atoms with E-state index in [2.05, 4.69) is 0 Å². The van der Waals surface area contributed by atoms with Crippen molar-refractivity contribution in [1.82, 2.24) is 0 Å². The van der Waals surface area contributed by atoms with Crippen molar-refractivity contribution in [3.8, 4) is 0 Å². The Balaban J connectivity index is 3.00. The average molecular weight is 239 g/mol. The Kier molecular flexibility index (Phi) is 3.85. The van der Waals surface area contributed by atoms with Gasteiger partial charge in [0.1, 0.15) is 5.82 Å². The molecular weight excluding hydrogens is 229 g/mol. The number of alkyl halides is 4. The molecule has 1 nitrogen and oxygen atoms in total. The second-order valence-electron chi connectivity index (χ2n) is 3.32. The maximum Gasteiger partial charge on any atom is 0.416 e. The van der Waals surface area contributed by atoms with E-state index in [0.29, 0.717) is 6.07 Å². The molecule has 0 radical (unpaired) electrons. The predicted octanol–water partition coefficient (Wildman–Crippen LogP) is 3.20. The zero-order valence-corrected chi connectivity index (χ0v) is 8.19. The van der Waals surface area contributed by atoms with Crippen molar-refractivity contribution in [2.45, 2.75) is 18.6 Å². The summed E-state index contributed by atoms with van der Waals surface area (Å²) in [6.07, 6.45) is -4.72. The van der Waals surface area contributed by atoms with Gasteiger partial charge in [0.05, 0.1) is 12.2 Å². The molecule has 0 aliphatic heterocycles. The number of nitrogens with two attached hydrogens (primary N) is 1. The lowest BCUT2D eigenvalue weighted by Crippen LogP contribution is -2.14. The van der Waals surface area contributed by atoms with Crippen LogP contribution in [0, 0.1) is 5.82 Å². The van der Waals surface area contributed by atoms with Gasteiger partial charge in [0.15, 0.2) is 0 Å². The van der Waals surface area contributed by atoms with E-state index in [-0.39, 0.29) is 12.0 Å². The summed E-state index contributed by atoms with van der Waals surface area (Å²) in [4.78, 5) is 0. The van der Waals surface area contributed by atoms with Crippen LogP contribution in [0.25, 0.3) is 0 Å². The minimum Gasteiger partial charge on any atom is -0.324 e. The van der Waals surface area contributed by atoms with Gasteiger partial charge >= 0.3 is 6.18 Å². The van der Waals surface area contributed by atoms with Crippen molar-refractivity contribution in [1.29, 1.82) is 0 Å². The Hall–Kier alpha value is -1.17. The molecule has 0 spiro atoms. The first-order chi connectivity index (χ1) is 7.36. The quantitative estimate of drug-likeness (QED) is 0.805. The molecule has 1 rings (SSSR count). The van der Waals surface area contributed by atoms with Crippen LogP contribution in [0.3, 0.4) is 0 Å². The molecular formula is C10H10F5N. The fraction of sp³-hybridized carbons (Fsp3) is 0.400. The van der Waals surface area contributed by atoms with Gasteiger partial charge in [0, 0.05) is 11.6 Å². The fourth-order valence-corrected chi connectivity index (χ4v) is 1.28. The highest BCUT2D eigenvalue weighted by atomic mass is 19.4. The van der Waals surface area contributed by atoms with Crippen molar-refractivity contribution in [3.05, 3.63) is 35.1 Å². The molecule has 16 heavy (non-hydrogen) atoms. The second-order valence-corrected chi connectivity index (χ2v) is 3.32. The lowest BCUT2D eigenvalue weighted by molar-refractivity contribution is -0.137. The normalized spacial score (nSPS) is 13.9. The van der Waals surface area contributed by atoms with Crippen LogP contribution in [0.5, 0.6) is 0 Å². The molecule has 0 aliphatic carbocycles. The highest BCUT2D eigenvalue weighted by Gasteiger charge is 2.31. The first kappa shape index (κ1) is 12.9. The van der Waals surface area contributed by atoms with E-state index in [1.807, 2.05) is 0 Å². The minimum atomic E-state index is -4.59. The summed E-state index contributed by atoms with van der Waals surface area (Å²) in [7, 11) is 0. The summed E-state index contributed by atoms with van der Waals surface area (Å²) in [5, 5.41) is 0. The van der Waals surface area contributed by atoms with Crippen LogP contribution in [0.1, 0.15) is 23.6 Å². The highest BCUT2D eigenvalue weighted by Crippen LogP contribution is 2.31. The molecule has 1 aromatic carbocycles. The van der Waals surface area contributed by atoms with Crippen LogP contribution >= 0.6 is 0 Å². The SMILES string of the molecule is N[C@@H](CCF)c1ccc(C(F)(F)F)cc1F. The van der Waals surface area contributed by atoms with Crippen molar-refractivity contribution in [2.75, 3.05) is 6.67 Å². The molecule has 0 amide bonds. The van der Waals surface area contributed by atoms with Crippen LogP contribution in [-0.2, 0) is 6.18 Å². The van der Waals surface area contributed by atoms with E-state index in [9.17, 15) is 22.0 Å². The number of hydrogen-bond donors (Lipinski definition) is 1. The van der Waals surface area contributed by atoms with Gasteiger partial charge in [-0.25, -0.2) is 4.39 Å². The molecule has 6 heteroatoms. The summed E-state index contributed by atoms with van der Waals surface area (Å²) in [6.45, 7) is -0.748. The van der Waals surface area contributed by atoms with E-state index in [1.165, 1.54) is 0 Å². The summed E-state index contributed by atoms with van der Waals surface area (Å²) >= 11 is 0. The lowest BCUT2D eigenvalue weighted by Gasteiger charge is -2.13. The molecule has 0 aromatic heterocycles. The Labute approximate surface area is 89.1 Å². The van der Waals surface area contributed by atoms with Crippen molar-refractivity contribution < 1.29 is 22.0 Å². The zero-order valence-electron chi connectivity index (χ0n) is 8.19. The fourth-order valence-electron chi connectivity index (χ4n) is 1.28. The maximum absolute atomic E-state index is 13.3. The number of rotatable bonds is 3. The van der Waals surface area contributed by atoms with Gasteiger partial charge in [0.2, 0.25) is 0 Å². The molecule has 2 N–H and O–H groups in total. The van der Waals surface area contributed by atoms with Crippen LogP contribution in [0.2, 0.25) is 0 Å². The topological polar surface area (TPSA) is 26.0 Å². The van der Waals surface area contributed by atoms with E-state index >= 15 is 0 Å². The molecule has 1 aromatic rings. The summed E-state index contributed by atoms with van der Waals surface area (Å²) in [5.74, 6) is -1.06. The number of benzene rings is 1. The first-order valence-corrected chi connectivity index (χ1v) is 4.54. The van der Waals surface area contributed by atoms with Gasteiger partial charge in [-0.1, -0.05) is 6.07 Å². The average Bonchev–Trinajstić information content (AvgIpc) is 2.16. The Morgan fingerprint density at radius 3 is 2.31 bits per heavy atom. The smallest absolute Gasteiger partial charge is 0.324 e. The van der Waals surface area contributed by atoms with Crippen molar-refractivity contribution >= 4 is 0 Å². The highest BCUT2D eigenvalue weighted by molar-refractivity contribution is 5.28. The van der Waals surface area contributed by atoms with E-state index < -0.39 is 30.3 Å². The Morgan fingerprint density at radius 1 is 1.25 bits per heavy atom. The van der Waals surface area contributed by atoms with Gasteiger partial charge in [0.25, 0.3) is 0 Å². The predicted molar refractivity (Wildman–Crippen MR) is 48.9 cm³/mol. The standard InChI is InChI=1S/C10H10F5N/c11-4-3-9(16)7-2-1-6(5-8(7)12)10(13,14)15/h1-2,5,9H,3-4,16H2/t9-/m0/s1. The van der Waals surface area contributed by atoms with E-state index in [1.54, 1.807) is 0 Å². The third kappa shape index (κ3) is 2.91. The molecule has 0 aliphatic rings. The van der Waals surface area contributed by atoms with Gasteiger partial charge in [-0.3, -0.25) is 4.39 Å². The van der Waals surface area contributed by atoms with Crippen molar-refractivity contribution in [3.63, 3.8) is 0 Å². The van der Waals surface area contributed by atoms with Gasteiger partial charge in [-0.05, 0) is 18.6 Å². The van der Waals surface area contributed by atoms with Crippen molar-refractivity contribution in [2.24, 2.45) is 5.73 Å². The van der Waals surface area contributed by atoms with Gasteiger partial charge in [-0.2, -0.15) is 13.2 Å². The zero-order chi connectivity index (χ0) is 12.3. The van der Waals surface area contributed by atoms with E-state index in [4.69, 9.17) is 5.73 Å². The Bertz CT molecular complexity index is 361. The molecule has 1 atom stereocenters. The van der Waals surface area contributed by atoms with E-state index in [0.717, 1.165) is 12.1 Å². The number of hydrogen-bond acceptors (Lipinski definition) is 1. The van der Waals surface area contributed by atoms with Crippen LogP contribution in [0.15, 0.2) is 18.2 Å². The molecule has 0 saturated heterocycles. The lowest BCUT2D eigenvalue weighted by atomic mass is 10.0.